The lowest BCUT2D eigenvalue weighted by molar-refractivity contribution is -0.115. The number of rotatable bonds is 6. The quantitative estimate of drug-likeness (QED) is 0.792. The van der Waals surface area contributed by atoms with Crippen molar-refractivity contribution in [1.29, 1.82) is 0 Å². The zero-order valence-electron chi connectivity index (χ0n) is 16.5. The predicted octanol–water partition coefficient (Wildman–Crippen LogP) is 2.99. The Hall–Kier alpha value is -2.86. The Labute approximate surface area is 171 Å². The van der Waals surface area contributed by atoms with Crippen LogP contribution in [0.3, 0.4) is 0 Å². The van der Waals surface area contributed by atoms with Gasteiger partial charge in [-0.05, 0) is 55.5 Å². The molecule has 0 aromatic heterocycles. The maximum Gasteiger partial charge on any atom is 0.251 e. The van der Waals surface area contributed by atoms with Gasteiger partial charge in [0, 0.05) is 36.6 Å². The van der Waals surface area contributed by atoms with Gasteiger partial charge in [0.05, 0.1) is 12.6 Å². The lowest BCUT2D eigenvalue weighted by Gasteiger charge is -2.30. The largest absolute Gasteiger partial charge is 0.376 e. The van der Waals surface area contributed by atoms with E-state index < -0.39 is 0 Å². The number of para-hydroxylation sites is 1. The highest BCUT2D eigenvalue weighted by Gasteiger charge is 2.19. The second-order valence-corrected chi connectivity index (χ2v) is 7.63. The Bertz CT molecular complexity index is 877. The van der Waals surface area contributed by atoms with Crippen molar-refractivity contribution in [2.24, 2.45) is 0 Å². The van der Waals surface area contributed by atoms with E-state index in [1.807, 2.05) is 12.1 Å². The van der Waals surface area contributed by atoms with Crippen LogP contribution in [0.25, 0.3) is 0 Å². The van der Waals surface area contributed by atoms with Gasteiger partial charge < -0.3 is 20.3 Å². The number of fused-ring (bicyclic) bond motifs is 1. The molecule has 2 N–H and O–H groups in total. The Balaban J connectivity index is 1.34. The van der Waals surface area contributed by atoms with Gasteiger partial charge in [-0.2, -0.15) is 0 Å². The molecule has 1 fully saturated rings. The van der Waals surface area contributed by atoms with Gasteiger partial charge >= 0.3 is 0 Å². The number of carbonyl (C=O) groups is 2. The number of amides is 2. The van der Waals surface area contributed by atoms with Gasteiger partial charge in [0.15, 0.2) is 0 Å². The fraction of sp³-hybridized carbons (Fsp3) is 0.391. The molecule has 0 aliphatic carbocycles. The summed E-state index contributed by atoms with van der Waals surface area (Å²) in [6, 6.07) is 15.3. The highest BCUT2D eigenvalue weighted by atomic mass is 16.5. The molecule has 1 saturated heterocycles. The average molecular weight is 393 g/mol. The van der Waals surface area contributed by atoms with Crippen LogP contribution >= 0.6 is 0 Å². The summed E-state index contributed by atoms with van der Waals surface area (Å²) in [6.07, 6.45) is 4.23. The van der Waals surface area contributed by atoms with Crippen molar-refractivity contribution in [2.45, 2.75) is 31.8 Å². The Morgan fingerprint density at radius 1 is 1.10 bits per heavy atom. The first-order valence-corrected chi connectivity index (χ1v) is 10.3. The SMILES string of the molecule is O=C(CN1CCCc2ccccc21)Nc1cccc(C(=O)NCC2CCCO2)c1. The van der Waals surface area contributed by atoms with E-state index in [1.54, 1.807) is 24.3 Å². The molecule has 0 radical (unpaired) electrons. The fourth-order valence-electron chi connectivity index (χ4n) is 4.00. The van der Waals surface area contributed by atoms with E-state index in [0.717, 1.165) is 44.5 Å². The third-order valence-electron chi connectivity index (χ3n) is 5.46. The summed E-state index contributed by atoms with van der Waals surface area (Å²) < 4.78 is 5.54. The van der Waals surface area contributed by atoms with Gasteiger partial charge in [-0.1, -0.05) is 24.3 Å². The van der Waals surface area contributed by atoms with Crippen molar-refractivity contribution in [3.05, 3.63) is 59.7 Å². The van der Waals surface area contributed by atoms with Gasteiger partial charge in [0.25, 0.3) is 5.91 Å². The molecule has 29 heavy (non-hydrogen) atoms. The Morgan fingerprint density at radius 3 is 2.86 bits per heavy atom. The van der Waals surface area contributed by atoms with Crippen molar-refractivity contribution in [3.63, 3.8) is 0 Å². The number of carbonyl (C=O) groups excluding carboxylic acids is 2. The van der Waals surface area contributed by atoms with Crippen LogP contribution in [0.4, 0.5) is 11.4 Å². The van der Waals surface area contributed by atoms with Crippen LogP contribution in [0.1, 0.15) is 35.2 Å². The molecule has 2 amide bonds. The summed E-state index contributed by atoms with van der Waals surface area (Å²) in [7, 11) is 0. The van der Waals surface area contributed by atoms with Crippen molar-refractivity contribution in [3.8, 4) is 0 Å². The number of benzene rings is 2. The molecule has 6 heteroatoms. The third kappa shape index (κ3) is 4.95. The van der Waals surface area contributed by atoms with E-state index in [0.29, 0.717) is 24.3 Å². The number of aryl methyl sites for hydroxylation is 1. The van der Waals surface area contributed by atoms with Crippen molar-refractivity contribution < 1.29 is 14.3 Å². The number of ether oxygens (including phenoxy) is 1. The van der Waals surface area contributed by atoms with Gasteiger partial charge in [0.1, 0.15) is 0 Å². The molecule has 0 spiro atoms. The van der Waals surface area contributed by atoms with Crippen molar-refractivity contribution in [1.82, 2.24) is 5.32 Å². The molecule has 152 valence electrons. The maximum atomic E-state index is 12.6. The van der Waals surface area contributed by atoms with Crippen molar-refractivity contribution >= 4 is 23.2 Å². The summed E-state index contributed by atoms with van der Waals surface area (Å²) in [6.45, 7) is 2.45. The minimum atomic E-state index is -0.151. The summed E-state index contributed by atoms with van der Waals surface area (Å²) in [4.78, 5) is 27.1. The highest BCUT2D eigenvalue weighted by molar-refractivity contribution is 5.98. The van der Waals surface area contributed by atoms with Crippen LogP contribution in [-0.4, -0.2) is 44.2 Å². The Kier molecular flexibility index (Phi) is 6.10. The first kappa shape index (κ1) is 19.5. The van der Waals surface area contributed by atoms with Crippen LogP contribution in [0.2, 0.25) is 0 Å². The number of hydrogen-bond acceptors (Lipinski definition) is 4. The predicted molar refractivity (Wildman–Crippen MR) is 113 cm³/mol. The van der Waals surface area contributed by atoms with E-state index in [9.17, 15) is 9.59 Å². The number of anilines is 2. The van der Waals surface area contributed by atoms with Gasteiger partial charge in [-0.25, -0.2) is 0 Å². The standard InChI is InChI=1S/C23H27N3O3/c27-22(16-26-12-4-8-17-6-1-2-11-21(17)26)25-19-9-3-7-18(14-19)23(28)24-15-20-10-5-13-29-20/h1-3,6-7,9,11,14,20H,4-5,8,10,12-13,15-16H2,(H,24,28)(H,25,27). The molecule has 0 saturated carbocycles. The van der Waals surface area contributed by atoms with Gasteiger partial charge in [0.2, 0.25) is 5.91 Å². The first-order chi connectivity index (χ1) is 14.2. The molecule has 2 aromatic rings. The van der Waals surface area contributed by atoms with Crippen LogP contribution < -0.4 is 15.5 Å². The van der Waals surface area contributed by atoms with E-state index in [4.69, 9.17) is 4.74 Å². The minimum Gasteiger partial charge on any atom is -0.376 e. The van der Waals surface area contributed by atoms with Crippen molar-refractivity contribution in [2.75, 3.05) is 36.5 Å². The first-order valence-electron chi connectivity index (χ1n) is 10.3. The van der Waals surface area contributed by atoms with E-state index in [1.165, 1.54) is 5.56 Å². The summed E-state index contributed by atoms with van der Waals surface area (Å²) in [5.41, 5.74) is 3.58. The number of nitrogens with one attached hydrogen (secondary N) is 2. The maximum absolute atomic E-state index is 12.6. The van der Waals surface area contributed by atoms with Crippen LogP contribution in [0, 0.1) is 0 Å². The molecule has 0 bridgehead atoms. The lowest BCUT2D eigenvalue weighted by Crippen LogP contribution is -2.36. The molecule has 1 unspecified atom stereocenters. The topological polar surface area (TPSA) is 70.7 Å². The Morgan fingerprint density at radius 2 is 2.00 bits per heavy atom. The highest BCUT2D eigenvalue weighted by Crippen LogP contribution is 2.26. The molecule has 2 aromatic carbocycles. The van der Waals surface area contributed by atoms with E-state index in [2.05, 4.69) is 27.7 Å². The summed E-state index contributed by atoms with van der Waals surface area (Å²) in [5, 5.41) is 5.84. The average Bonchev–Trinajstić information content (AvgIpc) is 3.26. The molecule has 2 aliphatic rings. The molecule has 2 heterocycles. The van der Waals surface area contributed by atoms with Gasteiger partial charge in [-0.15, -0.1) is 0 Å². The van der Waals surface area contributed by atoms with Crippen LogP contribution in [-0.2, 0) is 16.0 Å². The monoisotopic (exact) mass is 393 g/mol. The van der Waals surface area contributed by atoms with E-state index in [-0.39, 0.29) is 17.9 Å². The van der Waals surface area contributed by atoms with Crippen LogP contribution in [0.5, 0.6) is 0 Å². The molecule has 1 atom stereocenters. The second kappa shape index (κ2) is 9.09. The molecular weight excluding hydrogens is 366 g/mol. The zero-order valence-corrected chi connectivity index (χ0v) is 16.5. The molecule has 6 nitrogen and oxygen atoms in total. The second-order valence-electron chi connectivity index (χ2n) is 7.63. The van der Waals surface area contributed by atoms with Crippen LogP contribution in [0.15, 0.2) is 48.5 Å². The normalized spacial score (nSPS) is 18.2. The summed E-state index contributed by atoms with van der Waals surface area (Å²) >= 11 is 0. The minimum absolute atomic E-state index is 0.0846. The number of hydrogen-bond donors (Lipinski definition) is 2. The molecule has 2 aliphatic heterocycles. The molecular formula is C23H27N3O3. The lowest BCUT2D eigenvalue weighted by atomic mass is 10.0. The summed E-state index contributed by atoms with van der Waals surface area (Å²) in [5.74, 6) is -0.236. The third-order valence-corrected chi connectivity index (χ3v) is 5.46. The molecule has 4 rings (SSSR count). The number of nitrogens with zero attached hydrogens (tertiary/aromatic N) is 1. The fourth-order valence-corrected chi connectivity index (χ4v) is 4.00. The smallest absolute Gasteiger partial charge is 0.251 e. The van der Waals surface area contributed by atoms with Gasteiger partial charge in [-0.3, -0.25) is 9.59 Å². The van der Waals surface area contributed by atoms with E-state index >= 15 is 0 Å². The zero-order chi connectivity index (χ0) is 20.1.